The molecule has 0 saturated heterocycles. The Labute approximate surface area is 336 Å². The van der Waals surface area contributed by atoms with Gasteiger partial charge in [0.1, 0.15) is 6.10 Å². The fourth-order valence-corrected chi connectivity index (χ4v) is 7.24. The van der Waals surface area contributed by atoms with Crippen molar-refractivity contribution in [3.05, 3.63) is 36.5 Å². The van der Waals surface area contributed by atoms with Crippen molar-refractivity contribution in [1.29, 1.82) is 0 Å². The second kappa shape index (κ2) is 44.3. The summed E-state index contributed by atoms with van der Waals surface area (Å²) in [6.07, 6.45) is 55.8. The zero-order valence-electron chi connectivity index (χ0n) is 36.1. The van der Waals surface area contributed by atoms with Crippen LogP contribution in [0.5, 0.6) is 0 Å². The van der Waals surface area contributed by atoms with E-state index in [4.69, 9.17) is 0 Å². The Bertz CT molecular complexity index is 840. The van der Waals surface area contributed by atoms with Crippen LogP contribution in [0, 0.1) is 0 Å². The van der Waals surface area contributed by atoms with Crippen LogP contribution in [0.25, 0.3) is 0 Å². The van der Waals surface area contributed by atoms with E-state index in [9.17, 15) is 20.1 Å². The summed E-state index contributed by atoms with van der Waals surface area (Å²) in [4.78, 5) is 12.4. The number of unbranched alkanes of at least 4 members (excludes halogenated alkanes) is 29. The third-order valence-corrected chi connectivity index (χ3v) is 10.9. The first-order valence-corrected chi connectivity index (χ1v) is 23.8. The molecule has 0 aliphatic heterocycles. The SMILES string of the molecule is CCC/C=C/CC/C=C/CCCC(O)C(O)C(CO)NC(=O)CCCCCCCCCCCCCCCC/C=C\CCCCCCCCCCCCCC. The molecule has 0 fully saturated rings. The molecule has 0 heterocycles. The highest BCUT2D eigenvalue weighted by Crippen LogP contribution is 2.16. The van der Waals surface area contributed by atoms with Gasteiger partial charge in [-0.2, -0.15) is 0 Å². The average molecular weight is 760 g/mol. The minimum absolute atomic E-state index is 0.159. The molecule has 0 aliphatic rings. The van der Waals surface area contributed by atoms with Crippen LogP contribution in [0.3, 0.4) is 0 Å². The summed E-state index contributed by atoms with van der Waals surface area (Å²) < 4.78 is 0. The number of rotatable bonds is 43. The van der Waals surface area contributed by atoms with Gasteiger partial charge in [-0.25, -0.2) is 0 Å². The Balaban J connectivity index is 3.51. The van der Waals surface area contributed by atoms with E-state index in [2.05, 4.69) is 55.6 Å². The van der Waals surface area contributed by atoms with Gasteiger partial charge in [-0.15, -0.1) is 0 Å². The Hall–Kier alpha value is -1.43. The van der Waals surface area contributed by atoms with Crippen LogP contribution < -0.4 is 5.32 Å². The molecule has 0 bridgehead atoms. The van der Waals surface area contributed by atoms with Crippen LogP contribution in [0.2, 0.25) is 0 Å². The molecule has 0 rings (SSSR count). The molecule has 3 atom stereocenters. The maximum atomic E-state index is 12.4. The fourth-order valence-electron chi connectivity index (χ4n) is 7.24. The maximum absolute atomic E-state index is 12.4. The van der Waals surface area contributed by atoms with Crippen LogP contribution in [0.15, 0.2) is 36.5 Å². The minimum Gasteiger partial charge on any atom is -0.394 e. The van der Waals surface area contributed by atoms with Crippen LogP contribution in [-0.4, -0.2) is 46.1 Å². The van der Waals surface area contributed by atoms with Crippen molar-refractivity contribution in [3.63, 3.8) is 0 Å². The molecule has 0 aromatic rings. The molecule has 0 saturated carbocycles. The summed E-state index contributed by atoms with van der Waals surface area (Å²) in [7, 11) is 0. The van der Waals surface area contributed by atoms with E-state index in [1.54, 1.807) is 0 Å². The van der Waals surface area contributed by atoms with Gasteiger partial charge in [0, 0.05) is 6.42 Å². The molecular formula is C49H93NO4. The number of aliphatic hydroxyl groups excluding tert-OH is 3. The summed E-state index contributed by atoms with van der Waals surface area (Å²) in [6.45, 7) is 4.09. The Morgan fingerprint density at radius 1 is 0.444 bits per heavy atom. The molecule has 0 aromatic carbocycles. The number of hydrogen-bond donors (Lipinski definition) is 4. The van der Waals surface area contributed by atoms with Crippen molar-refractivity contribution in [2.24, 2.45) is 0 Å². The molecule has 0 aliphatic carbocycles. The predicted molar refractivity (Wildman–Crippen MR) is 236 cm³/mol. The largest absolute Gasteiger partial charge is 0.394 e. The van der Waals surface area contributed by atoms with Crippen LogP contribution in [0.1, 0.15) is 245 Å². The van der Waals surface area contributed by atoms with Gasteiger partial charge in [0.2, 0.25) is 5.91 Å². The van der Waals surface area contributed by atoms with Crippen molar-refractivity contribution in [1.82, 2.24) is 5.32 Å². The number of allylic oxidation sites excluding steroid dienone is 6. The third-order valence-electron chi connectivity index (χ3n) is 10.9. The third kappa shape index (κ3) is 38.8. The number of hydrogen-bond acceptors (Lipinski definition) is 4. The smallest absolute Gasteiger partial charge is 0.220 e. The van der Waals surface area contributed by atoms with Gasteiger partial charge < -0.3 is 20.6 Å². The molecule has 0 radical (unpaired) electrons. The standard InChI is InChI=1S/C49H93NO4/c1-3-5-7-9-11-13-15-16-17-18-19-20-21-22-23-24-25-26-27-28-29-30-31-32-33-34-36-38-40-42-44-48(53)50-46(45-51)49(54)47(52)43-41-39-37-35-14-12-10-8-6-4-2/h8,10,22-23,35,37,46-47,49,51-52,54H,3-7,9,11-21,24-34,36,38-45H2,1-2H3,(H,50,53)/b10-8+,23-22-,37-35+. The molecule has 0 spiro atoms. The van der Waals surface area contributed by atoms with Gasteiger partial charge >= 0.3 is 0 Å². The van der Waals surface area contributed by atoms with Crippen molar-refractivity contribution < 1.29 is 20.1 Å². The van der Waals surface area contributed by atoms with Crippen molar-refractivity contribution in [3.8, 4) is 0 Å². The fraction of sp³-hybridized carbons (Fsp3) is 0.857. The first-order valence-electron chi connectivity index (χ1n) is 23.8. The lowest BCUT2D eigenvalue weighted by molar-refractivity contribution is -0.124. The highest BCUT2D eigenvalue weighted by atomic mass is 16.3. The molecule has 0 aromatic heterocycles. The van der Waals surface area contributed by atoms with E-state index in [1.807, 2.05) is 0 Å². The van der Waals surface area contributed by atoms with E-state index >= 15 is 0 Å². The van der Waals surface area contributed by atoms with Crippen LogP contribution >= 0.6 is 0 Å². The topological polar surface area (TPSA) is 89.8 Å². The number of carbonyl (C=O) groups excluding carboxylic acids is 1. The van der Waals surface area contributed by atoms with E-state index in [0.717, 1.165) is 51.4 Å². The second-order valence-electron chi connectivity index (χ2n) is 16.3. The highest BCUT2D eigenvalue weighted by Gasteiger charge is 2.26. The number of nitrogens with one attached hydrogen (secondary N) is 1. The Morgan fingerprint density at radius 2 is 0.796 bits per heavy atom. The Morgan fingerprint density at radius 3 is 1.20 bits per heavy atom. The van der Waals surface area contributed by atoms with Gasteiger partial charge in [-0.1, -0.05) is 204 Å². The summed E-state index contributed by atoms with van der Waals surface area (Å²) in [5, 5.41) is 33.4. The summed E-state index contributed by atoms with van der Waals surface area (Å²) in [5.41, 5.74) is 0. The molecule has 3 unspecified atom stereocenters. The second-order valence-corrected chi connectivity index (χ2v) is 16.3. The predicted octanol–water partition coefficient (Wildman–Crippen LogP) is 13.9. The quantitative estimate of drug-likeness (QED) is 0.0368. The number of aliphatic hydroxyl groups is 3. The normalized spacial score (nSPS) is 13.8. The summed E-state index contributed by atoms with van der Waals surface area (Å²) in [6, 6.07) is -0.830. The monoisotopic (exact) mass is 760 g/mol. The number of carbonyl (C=O) groups is 1. The maximum Gasteiger partial charge on any atom is 0.220 e. The summed E-state index contributed by atoms with van der Waals surface area (Å²) in [5.74, 6) is -0.159. The number of amides is 1. The van der Waals surface area contributed by atoms with Crippen molar-refractivity contribution in [2.75, 3.05) is 6.61 Å². The highest BCUT2D eigenvalue weighted by molar-refractivity contribution is 5.76. The van der Waals surface area contributed by atoms with E-state index < -0.39 is 18.2 Å². The lowest BCUT2D eigenvalue weighted by atomic mass is 10.0. The first kappa shape index (κ1) is 52.6. The van der Waals surface area contributed by atoms with Gasteiger partial charge in [0.25, 0.3) is 0 Å². The molecule has 4 N–H and O–H groups in total. The Kier molecular flexibility index (Phi) is 43.1. The summed E-state index contributed by atoms with van der Waals surface area (Å²) >= 11 is 0. The van der Waals surface area contributed by atoms with Crippen LogP contribution in [0.4, 0.5) is 0 Å². The zero-order chi connectivity index (χ0) is 39.4. The van der Waals surface area contributed by atoms with Crippen molar-refractivity contribution >= 4 is 5.91 Å². The molecule has 5 heteroatoms. The van der Waals surface area contributed by atoms with E-state index in [-0.39, 0.29) is 12.5 Å². The van der Waals surface area contributed by atoms with Crippen LogP contribution in [-0.2, 0) is 4.79 Å². The van der Waals surface area contributed by atoms with Crippen molar-refractivity contribution in [2.45, 2.75) is 263 Å². The lowest BCUT2D eigenvalue weighted by Gasteiger charge is -2.26. The molecular weight excluding hydrogens is 667 g/mol. The average Bonchev–Trinajstić information content (AvgIpc) is 3.18. The van der Waals surface area contributed by atoms with E-state index in [0.29, 0.717) is 12.8 Å². The van der Waals surface area contributed by atoms with Gasteiger partial charge in [0.15, 0.2) is 0 Å². The molecule has 5 nitrogen and oxygen atoms in total. The van der Waals surface area contributed by atoms with E-state index in [1.165, 1.54) is 167 Å². The van der Waals surface area contributed by atoms with Gasteiger partial charge in [-0.3, -0.25) is 4.79 Å². The van der Waals surface area contributed by atoms with Gasteiger partial charge in [0.05, 0.1) is 18.8 Å². The first-order chi connectivity index (χ1) is 26.6. The molecule has 1 amide bonds. The molecule has 318 valence electrons. The minimum atomic E-state index is -1.16. The zero-order valence-corrected chi connectivity index (χ0v) is 36.1. The lowest BCUT2D eigenvalue weighted by Crippen LogP contribution is -2.50. The molecule has 54 heavy (non-hydrogen) atoms. The van der Waals surface area contributed by atoms with Gasteiger partial charge in [-0.05, 0) is 70.6 Å².